The van der Waals surface area contributed by atoms with Crippen molar-refractivity contribution < 1.29 is 16.1 Å². The molecule has 0 spiro atoms. The molecule has 2 heterocycles. The maximum absolute atomic E-state index is 12.9. The maximum atomic E-state index is 12.9. The van der Waals surface area contributed by atoms with Crippen LogP contribution in [-0.2, 0) is 10.0 Å². The van der Waals surface area contributed by atoms with Crippen LogP contribution in [0.2, 0.25) is 5.02 Å². The van der Waals surface area contributed by atoms with Gasteiger partial charge < -0.3 is 15.1 Å². The number of carbonyl (C=O) groups is 1. The normalized spacial score (nSPS) is 14.0. The monoisotopic (exact) mass is 526 g/mol. The molecule has 2 N–H and O–H groups in total. The third kappa shape index (κ3) is 5.05. The first-order valence-electron chi connectivity index (χ1n) is 11.3. The topological polar surface area (TPSA) is 108 Å². The SMILES string of the molecule is O=C(Nc1ccc(Cl)c2ccccc12)N1CCN(c2ccc(S(=O)(=O)Nc3ccncn3)cc2)CC1.[HH].[HH]. The molecule has 9 nitrogen and oxygen atoms in total. The second-order valence-corrected chi connectivity index (χ2v) is 10.3. The van der Waals surface area contributed by atoms with Crippen LogP contribution in [0, 0.1) is 0 Å². The summed E-state index contributed by atoms with van der Waals surface area (Å²) in [5.41, 5.74) is 1.61. The van der Waals surface area contributed by atoms with Gasteiger partial charge in [-0.1, -0.05) is 35.9 Å². The number of urea groups is 1. The van der Waals surface area contributed by atoms with Gasteiger partial charge in [0.15, 0.2) is 0 Å². The van der Waals surface area contributed by atoms with Crippen LogP contribution >= 0.6 is 11.6 Å². The Bertz CT molecular complexity index is 1500. The first-order valence-corrected chi connectivity index (χ1v) is 13.1. The fourth-order valence-electron chi connectivity index (χ4n) is 4.12. The molecule has 0 aliphatic carbocycles. The molecule has 4 aromatic rings. The van der Waals surface area contributed by atoms with Gasteiger partial charge in [0.25, 0.3) is 10.0 Å². The number of rotatable bonds is 5. The predicted molar refractivity (Wildman–Crippen MR) is 145 cm³/mol. The molecular weight excluding hydrogens is 500 g/mol. The molecule has 2 amide bonds. The van der Waals surface area contributed by atoms with Crippen molar-refractivity contribution in [2.75, 3.05) is 41.1 Å². The Morgan fingerprint density at radius 2 is 1.64 bits per heavy atom. The molecule has 0 saturated carbocycles. The Morgan fingerprint density at radius 1 is 0.917 bits per heavy atom. The molecule has 1 aliphatic rings. The Hall–Kier alpha value is -3.89. The second kappa shape index (κ2) is 10.00. The van der Waals surface area contributed by atoms with Crippen molar-refractivity contribution in [2.24, 2.45) is 0 Å². The average molecular weight is 527 g/mol. The summed E-state index contributed by atoms with van der Waals surface area (Å²) in [6.07, 6.45) is 2.74. The average Bonchev–Trinajstić information content (AvgIpc) is 2.91. The van der Waals surface area contributed by atoms with Crippen LogP contribution in [0.3, 0.4) is 0 Å². The van der Waals surface area contributed by atoms with Crippen molar-refractivity contribution in [3.63, 3.8) is 0 Å². The molecule has 0 unspecified atom stereocenters. The van der Waals surface area contributed by atoms with Crippen LogP contribution < -0.4 is 14.9 Å². The summed E-state index contributed by atoms with van der Waals surface area (Å²) in [4.78, 5) is 24.6. The van der Waals surface area contributed by atoms with Crippen molar-refractivity contribution >= 4 is 55.6 Å². The number of hydrogen-bond acceptors (Lipinski definition) is 6. The highest BCUT2D eigenvalue weighted by molar-refractivity contribution is 7.92. The highest BCUT2D eigenvalue weighted by Gasteiger charge is 2.23. The highest BCUT2D eigenvalue weighted by atomic mass is 35.5. The zero-order chi connectivity index (χ0) is 25.1. The molecule has 0 radical (unpaired) electrons. The first kappa shape index (κ1) is 23.8. The fraction of sp³-hybridized carbons (Fsp3) is 0.160. The Balaban J connectivity index is 0.00000200. The van der Waals surface area contributed by atoms with Gasteiger partial charge in [-0.05, 0) is 42.5 Å². The number of piperazine rings is 1. The fourth-order valence-corrected chi connectivity index (χ4v) is 5.35. The molecule has 0 bridgehead atoms. The van der Waals surface area contributed by atoms with E-state index >= 15 is 0 Å². The van der Waals surface area contributed by atoms with Crippen molar-refractivity contribution in [2.45, 2.75) is 4.90 Å². The molecule has 36 heavy (non-hydrogen) atoms. The second-order valence-electron chi connectivity index (χ2n) is 8.24. The highest BCUT2D eigenvalue weighted by Crippen LogP contribution is 2.30. The van der Waals surface area contributed by atoms with Crippen LogP contribution in [0.1, 0.15) is 2.85 Å². The predicted octanol–water partition coefficient (Wildman–Crippen LogP) is 4.93. The van der Waals surface area contributed by atoms with E-state index in [1.165, 1.54) is 18.6 Å². The third-order valence-electron chi connectivity index (χ3n) is 6.01. The summed E-state index contributed by atoms with van der Waals surface area (Å²) in [5, 5.41) is 5.43. The van der Waals surface area contributed by atoms with E-state index < -0.39 is 10.0 Å². The number of nitrogens with zero attached hydrogens (tertiary/aromatic N) is 4. The number of sulfonamides is 1. The lowest BCUT2D eigenvalue weighted by molar-refractivity contribution is 0.208. The van der Waals surface area contributed by atoms with Gasteiger partial charge in [0.1, 0.15) is 12.1 Å². The molecular formula is C25H27ClN6O3S. The number of anilines is 3. The summed E-state index contributed by atoms with van der Waals surface area (Å²) < 4.78 is 27.7. The minimum Gasteiger partial charge on any atom is -0.368 e. The van der Waals surface area contributed by atoms with Crippen molar-refractivity contribution in [3.05, 3.63) is 84.3 Å². The number of nitrogens with one attached hydrogen (secondary N) is 2. The van der Waals surface area contributed by atoms with E-state index in [0.29, 0.717) is 31.2 Å². The molecule has 1 fully saturated rings. The first-order chi connectivity index (χ1) is 17.4. The van der Waals surface area contributed by atoms with Gasteiger partial charge in [0.05, 0.1) is 10.6 Å². The van der Waals surface area contributed by atoms with Crippen LogP contribution in [0.25, 0.3) is 10.8 Å². The van der Waals surface area contributed by atoms with E-state index in [1.54, 1.807) is 35.2 Å². The molecule has 188 valence electrons. The summed E-state index contributed by atoms with van der Waals surface area (Å²) in [6, 6.07) is 19.2. The molecule has 5 rings (SSSR count). The lowest BCUT2D eigenvalue weighted by Gasteiger charge is -2.36. The molecule has 1 aromatic heterocycles. The standard InChI is InChI=1S/C25H23ClN6O3S.2H2/c26-22-9-10-23(21-4-2-1-3-20(21)22)29-25(33)32-15-13-31(14-16-32)18-5-7-19(8-6-18)36(34,35)30-24-11-12-27-17-28-24;;/h1-12,17H,13-16H2,(H,29,33)(H,27,28,30);2*1H. The number of carbonyl (C=O) groups excluding carboxylic acids is 1. The van der Waals surface area contributed by atoms with Gasteiger partial charge in [0, 0.05) is 56.7 Å². The van der Waals surface area contributed by atoms with E-state index in [2.05, 4.69) is 24.9 Å². The maximum Gasteiger partial charge on any atom is 0.321 e. The van der Waals surface area contributed by atoms with Crippen molar-refractivity contribution in [1.82, 2.24) is 14.9 Å². The van der Waals surface area contributed by atoms with Gasteiger partial charge in [-0.3, -0.25) is 4.72 Å². The summed E-state index contributed by atoms with van der Waals surface area (Å²) in [7, 11) is -3.76. The lowest BCUT2D eigenvalue weighted by atomic mass is 10.1. The van der Waals surface area contributed by atoms with E-state index in [1.807, 2.05) is 30.3 Å². The van der Waals surface area contributed by atoms with Crippen LogP contribution in [0.15, 0.2) is 84.1 Å². The van der Waals surface area contributed by atoms with E-state index in [-0.39, 0.29) is 19.6 Å². The number of amides is 2. The molecule has 0 atom stereocenters. The number of fused-ring (bicyclic) bond motifs is 1. The zero-order valence-electron chi connectivity index (χ0n) is 19.1. The van der Waals surface area contributed by atoms with Crippen molar-refractivity contribution in [3.8, 4) is 0 Å². The molecule has 1 aliphatic heterocycles. The van der Waals surface area contributed by atoms with Crippen LogP contribution in [-0.4, -0.2) is 55.5 Å². The zero-order valence-corrected chi connectivity index (χ0v) is 20.7. The number of aromatic nitrogens is 2. The minimum atomic E-state index is -3.76. The minimum absolute atomic E-state index is 0. The Labute approximate surface area is 216 Å². The van der Waals surface area contributed by atoms with Gasteiger partial charge >= 0.3 is 6.03 Å². The number of benzene rings is 3. The molecule has 3 aromatic carbocycles. The summed E-state index contributed by atoms with van der Waals surface area (Å²) in [6.45, 7) is 2.32. The lowest BCUT2D eigenvalue weighted by Crippen LogP contribution is -2.50. The van der Waals surface area contributed by atoms with Crippen molar-refractivity contribution in [1.29, 1.82) is 0 Å². The van der Waals surface area contributed by atoms with Gasteiger partial charge in [0.2, 0.25) is 0 Å². The smallest absolute Gasteiger partial charge is 0.321 e. The summed E-state index contributed by atoms with van der Waals surface area (Å²) >= 11 is 6.29. The quantitative estimate of drug-likeness (QED) is 0.382. The number of halogens is 1. The van der Waals surface area contributed by atoms with Gasteiger partial charge in [-0.2, -0.15) is 0 Å². The van der Waals surface area contributed by atoms with E-state index in [0.717, 1.165) is 22.1 Å². The Kier molecular flexibility index (Phi) is 6.62. The molecule has 11 heteroatoms. The van der Waals surface area contributed by atoms with Crippen LogP contribution in [0.5, 0.6) is 0 Å². The third-order valence-corrected chi connectivity index (χ3v) is 7.71. The van der Waals surface area contributed by atoms with Gasteiger partial charge in [-0.25, -0.2) is 23.2 Å². The molecule has 1 saturated heterocycles. The largest absolute Gasteiger partial charge is 0.368 e. The Morgan fingerprint density at radius 3 is 2.33 bits per heavy atom. The number of hydrogen-bond donors (Lipinski definition) is 2. The van der Waals surface area contributed by atoms with E-state index in [4.69, 9.17) is 11.6 Å². The van der Waals surface area contributed by atoms with Gasteiger partial charge in [-0.15, -0.1) is 0 Å². The van der Waals surface area contributed by atoms with E-state index in [9.17, 15) is 13.2 Å². The van der Waals surface area contributed by atoms with Crippen LogP contribution in [0.4, 0.5) is 22.0 Å². The summed E-state index contributed by atoms with van der Waals surface area (Å²) in [5.74, 6) is 0.204.